The zero-order valence-corrected chi connectivity index (χ0v) is 22.0. The Morgan fingerprint density at radius 2 is 0.850 bits per heavy atom. The van der Waals surface area contributed by atoms with Gasteiger partial charge in [0, 0.05) is 12.8 Å². The first-order chi connectivity index (χ1) is 19.1. The first-order valence-electron chi connectivity index (χ1n) is 12.3. The summed E-state index contributed by atoms with van der Waals surface area (Å²) < 4.78 is 0. The minimum absolute atomic E-state index is 0.305. The van der Waals surface area contributed by atoms with Gasteiger partial charge in [0.2, 0.25) is 0 Å². The Balaban J connectivity index is 0.000000220. The van der Waals surface area contributed by atoms with E-state index in [2.05, 4.69) is 40.8 Å². The average molecular weight is 547 g/mol. The standard InChI is InChI=1S/2C13H15N5O2/c2*1-8-15-17-12(18-16-8)7-10-4-2-9(3-5-10)6-11(14)13(19)20/h2*2-5,11H,6-7,14H2,1H3,(H,19,20). The third-order valence-electron chi connectivity index (χ3n) is 5.56. The average Bonchev–Trinajstić information content (AvgIpc) is 2.93. The van der Waals surface area contributed by atoms with Gasteiger partial charge in [0.05, 0.1) is 0 Å². The summed E-state index contributed by atoms with van der Waals surface area (Å²) in [6, 6.07) is 13.2. The number of hydrogen-bond donors (Lipinski definition) is 4. The molecule has 0 aliphatic carbocycles. The predicted molar refractivity (Wildman–Crippen MR) is 142 cm³/mol. The Morgan fingerprint density at radius 1 is 0.575 bits per heavy atom. The Labute approximate surface area is 229 Å². The van der Waals surface area contributed by atoms with Crippen LogP contribution in [0.4, 0.5) is 0 Å². The normalized spacial score (nSPS) is 12.1. The Kier molecular flexibility index (Phi) is 10.7. The number of carboxylic acids is 2. The lowest BCUT2D eigenvalue weighted by Gasteiger charge is -2.07. The molecule has 0 fully saturated rings. The molecule has 2 aromatic heterocycles. The lowest BCUT2D eigenvalue weighted by atomic mass is 10.0. The molecule has 0 saturated heterocycles. The number of aliphatic carboxylic acids is 2. The Hall–Kier alpha value is -4.82. The molecule has 2 atom stereocenters. The molecule has 4 aromatic rings. The fourth-order valence-corrected chi connectivity index (χ4v) is 3.38. The molecule has 0 aliphatic rings. The maximum Gasteiger partial charge on any atom is 0.320 e. The van der Waals surface area contributed by atoms with E-state index in [1.807, 2.05) is 48.5 Å². The molecular formula is C26H30N10O4. The molecule has 0 radical (unpaired) electrons. The van der Waals surface area contributed by atoms with Crippen LogP contribution < -0.4 is 11.5 Å². The summed E-state index contributed by atoms with van der Waals surface area (Å²) in [5.41, 5.74) is 14.7. The van der Waals surface area contributed by atoms with Crippen molar-refractivity contribution < 1.29 is 19.8 Å². The van der Waals surface area contributed by atoms with E-state index < -0.39 is 24.0 Å². The number of carbonyl (C=O) groups is 2. The summed E-state index contributed by atoms with van der Waals surface area (Å²) in [6.45, 7) is 3.45. The van der Waals surface area contributed by atoms with Gasteiger partial charge in [0.25, 0.3) is 0 Å². The lowest BCUT2D eigenvalue weighted by Crippen LogP contribution is -2.32. The minimum Gasteiger partial charge on any atom is -0.480 e. The van der Waals surface area contributed by atoms with Crippen LogP contribution in [0.5, 0.6) is 0 Å². The molecule has 14 nitrogen and oxygen atoms in total. The highest BCUT2D eigenvalue weighted by atomic mass is 16.4. The van der Waals surface area contributed by atoms with Crippen molar-refractivity contribution >= 4 is 11.9 Å². The van der Waals surface area contributed by atoms with Crippen LogP contribution in [0.15, 0.2) is 48.5 Å². The minimum atomic E-state index is -1.00. The first kappa shape index (κ1) is 29.7. The molecule has 0 bridgehead atoms. The van der Waals surface area contributed by atoms with Gasteiger partial charge >= 0.3 is 11.9 Å². The number of aryl methyl sites for hydroxylation is 2. The highest BCUT2D eigenvalue weighted by molar-refractivity contribution is 5.73. The third kappa shape index (κ3) is 9.81. The van der Waals surface area contributed by atoms with E-state index in [4.69, 9.17) is 21.7 Å². The van der Waals surface area contributed by atoms with E-state index in [9.17, 15) is 9.59 Å². The van der Waals surface area contributed by atoms with Gasteiger partial charge in [-0.1, -0.05) is 48.5 Å². The van der Waals surface area contributed by atoms with Crippen LogP contribution in [0.25, 0.3) is 0 Å². The number of nitrogens with zero attached hydrogens (tertiary/aromatic N) is 8. The second kappa shape index (κ2) is 14.4. The largest absolute Gasteiger partial charge is 0.480 e. The number of aromatic nitrogens is 8. The van der Waals surface area contributed by atoms with Gasteiger partial charge in [0.15, 0.2) is 23.3 Å². The highest BCUT2D eigenvalue weighted by Gasteiger charge is 2.13. The molecule has 2 aromatic carbocycles. The molecule has 4 rings (SSSR count). The van der Waals surface area contributed by atoms with E-state index in [-0.39, 0.29) is 0 Å². The Bertz CT molecular complexity index is 1270. The third-order valence-corrected chi connectivity index (χ3v) is 5.56. The summed E-state index contributed by atoms with van der Waals surface area (Å²) in [6.07, 6.45) is 1.68. The van der Waals surface area contributed by atoms with Gasteiger partial charge in [-0.05, 0) is 48.9 Å². The van der Waals surface area contributed by atoms with E-state index >= 15 is 0 Å². The molecule has 2 unspecified atom stereocenters. The summed E-state index contributed by atoms with van der Waals surface area (Å²) >= 11 is 0. The number of hydrogen-bond acceptors (Lipinski definition) is 12. The SMILES string of the molecule is Cc1nnc(Cc2ccc(CC(N)C(=O)O)cc2)nn1.Cc1nnc(Cc2ccc(CC(N)C(=O)O)cc2)nn1. The molecule has 208 valence electrons. The molecule has 14 heteroatoms. The van der Waals surface area contributed by atoms with Gasteiger partial charge in [-0.15, -0.1) is 40.8 Å². The molecule has 0 aliphatic heterocycles. The van der Waals surface area contributed by atoms with Crippen molar-refractivity contribution in [3.05, 3.63) is 94.1 Å². The van der Waals surface area contributed by atoms with Gasteiger partial charge in [0.1, 0.15) is 12.1 Å². The van der Waals surface area contributed by atoms with Crippen LogP contribution in [-0.4, -0.2) is 75.0 Å². The second-order valence-electron chi connectivity index (χ2n) is 9.01. The van der Waals surface area contributed by atoms with E-state index in [0.29, 0.717) is 49.0 Å². The van der Waals surface area contributed by atoms with Crippen LogP contribution in [-0.2, 0) is 35.3 Å². The van der Waals surface area contributed by atoms with Gasteiger partial charge in [-0.25, -0.2) is 0 Å². The highest BCUT2D eigenvalue weighted by Crippen LogP contribution is 2.10. The van der Waals surface area contributed by atoms with E-state index in [1.54, 1.807) is 13.8 Å². The number of benzene rings is 2. The zero-order chi connectivity index (χ0) is 29.1. The Morgan fingerprint density at radius 3 is 1.12 bits per heavy atom. The van der Waals surface area contributed by atoms with Crippen molar-refractivity contribution in [1.29, 1.82) is 0 Å². The van der Waals surface area contributed by atoms with Crippen molar-refractivity contribution in [3.8, 4) is 0 Å². The molecule has 0 spiro atoms. The van der Waals surface area contributed by atoms with Crippen LogP contribution >= 0.6 is 0 Å². The smallest absolute Gasteiger partial charge is 0.320 e. The second-order valence-corrected chi connectivity index (χ2v) is 9.01. The molecule has 40 heavy (non-hydrogen) atoms. The van der Waals surface area contributed by atoms with Gasteiger partial charge in [-0.3, -0.25) is 9.59 Å². The lowest BCUT2D eigenvalue weighted by molar-refractivity contribution is -0.139. The molecular weight excluding hydrogens is 516 g/mol. The predicted octanol–water partition coefficient (Wildman–Crippen LogP) is 0.240. The van der Waals surface area contributed by atoms with Crippen molar-refractivity contribution in [1.82, 2.24) is 40.8 Å². The van der Waals surface area contributed by atoms with Crippen LogP contribution in [0.2, 0.25) is 0 Å². The summed E-state index contributed by atoms with van der Waals surface area (Å²) in [4.78, 5) is 21.4. The van der Waals surface area contributed by atoms with Crippen LogP contribution in [0.3, 0.4) is 0 Å². The summed E-state index contributed by atoms with van der Waals surface area (Å²) in [7, 11) is 0. The molecule has 6 N–H and O–H groups in total. The summed E-state index contributed by atoms with van der Waals surface area (Å²) in [5.74, 6) is 0.160. The molecule has 0 saturated carbocycles. The topological polar surface area (TPSA) is 230 Å². The van der Waals surface area contributed by atoms with Crippen molar-refractivity contribution in [2.24, 2.45) is 11.5 Å². The van der Waals surface area contributed by atoms with Gasteiger partial charge in [-0.2, -0.15) is 0 Å². The number of carboxylic acid groups (broad SMARTS) is 2. The van der Waals surface area contributed by atoms with E-state index in [0.717, 1.165) is 22.3 Å². The first-order valence-corrected chi connectivity index (χ1v) is 12.3. The maximum absolute atomic E-state index is 10.7. The molecule has 0 amide bonds. The maximum atomic E-state index is 10.7. The number of nitrogens with two attached hydrogens (primary N) is 2. The van der Waals surface area contributed by atoms with Gasteiger partial charge < -0.3 is 21.7 Å². The number of rotatable bonds is 10. The quantitative estimate of drug-likeness (QED) is 0.209. The summed E-state index contributed by atoms with van der Waals surface area (Å²) in [5, 5.41) is 48.7. The fourth-order valence-electron chi connectivity index (χ4n) is 3.38. The van der Waals surface area contributed by atoms with Crippen molar-refractivity contribution in [2.45, 2.75) is 51.6 Å². The molecule has 2 heterocycles. The van der Waals surface area contributed by atoms with E-state index in [1.165, 1.54) is 0 Å². The monoisotopic (exact) mass is 546 g/mol. The van der Waals surface area contributed by atoms with Crippen molar-refractivity contribution in [2.75, 3.05) is 0 Å². The van der Waals surface area contributed by atoms with Crippen LogP contribution in [0, 0.1) is 13.8 Å². The van der Waals surface area contributed by atoms with Crippen molar-refractivity contribution in [3.63, 3.8) is 0 Å². The van der Waals surface area contributed by atoms with Crippen LogP contribution in [0.1, 0.15) is 45.6 Å². The fraction of sp³-hybridized carbons (Fsp3) is 0.308. The zero-order valence-electron chi connectivity index (χ0n) is 22.0.